The molecule has 0 radical (unpaired) electrons. The van der Waals surface area contributed by atoms with Crippen LogP contribution in [0.3, 0.4) is 0 Å². The number of pyridine rings is 1. The van der Waals surface area contributed by atoms with Gasteiger partial charge in [-0.1, -0.05) is 36.4 Å². The van der Waals surface area contributed by atoms with Crippen LogP contribution in [-0.2, 0) is 0 Å². The lowest BCUT2D eigenvalue weighted by molar-refractivity contribution is 0.167. The topological polar surface area (TPSA) is 52.0 Å². The standard InChI is InChI=1S/C20H24N4/c1-15-8-9-20(23-19(15)14-21)22-18-10-12-24(13-11-18)16(2)17-6-4-3-5-7-17/h3-9,16,18H,10-13H2,1-2H3,(H,22,23). The molecule has 0 saturated carbocycles. The average molecular weight is 320 g/mol. The minimum absolute atomic E-state index is 0.422. The molecule has 1 fully saturated rings. The van der Waals surface area contributed by atoms with Crippen LogP contribution < -0.4 is 5.32 Å². The molecule has 1 atom stereocenters. The summed E-state index contributed by atoms with van der Waals surface area (Å²) in [6, 6.07) is 17.6. The highest BCUT2D eigenvalue weighted by Gasteiger charge is 2.23. The number of nitrogens with zero attached hydrogens (tertiary/aromatic N) is 3. The van der Waals surface area contributed by atoms with Crippen LogP contribution in [0.15, 0.2) is 42.5 Å². The maximum Gasteiger partial charge on any atom is 0.145 e. The van der Waals surface area contributed by atoms with E-state index < -0.39 is 0 Å². The Kier molecular flexibility index (Phi) is 5.12. The molecule has 4 heteroatoms. The Bertz CT molecular complexity index is 712. The van der Waals surface area contributed by atoms with Crippen molar-refractivity contribution in [3.63, 3.8) is 0 Å². The molecular weight excluding hydrogens is 296 g/mol. The maximum absolute atomic E-state index is 9.11. The maximum atomic E-state index is 9.11. The number of nitriles is 1. The molecule has 1 aliphatic rings. The molecule has 1 saturated heterocycles. The number of aryl methyl sites for hydroxylation is 1. The van der Waals surface area contributed by atoms with Crippen LogP contribution in [-0.4, -0.2) is 29.0 Å². The largest absolute Gasteiger partial charge is 0.367 e. The third-order valence-corrected chi connectivity index (χ3v) is 4.91. The lowest BCUT2D eigenvalue weighted by Crippen LogP contribution is -2.40. The number of hydrogen-bond acceptors (Lipinski definition) is 4. The van der Waals surface area contributed by atoms with Crippen molar-refractivity contribution in [2.75, 3.05) is 18.4 Å². The zero-order valence-electron chi connectivity index (χ0n) is 14.4. The Morgan fingerprint density at radius 2 is 1.88 bits per heavy atom. The first-order chi connectivity index (χ1) is 11.7. The number of nitrogens with one attached hydrogen (secondary N) is 1. The second-order valence-corrected chi connectivity index (χ2v) is 6.52. The second kappa shape index (κ2) is 7.46. The van der Waals surface area contributed by atoms with Gasteiger partial charge in [0.05, 0.1) is 0 Å². The first kappa shape index (κ1) is 16.5. The average Bonchev–Trinajstić information content (AvgIpc) is 2.64. The Morgan fingerprint density at radius 1 is 1.17 bits per heavy atom. The lowest BCUT2D eigenvalue weighted by atomic mass is 10.00. The molecule has 0 spiro atoms. The van der Waals surface area contributed by atoms with Crippen LogP contribution in [0, 0.1) is 18.3 Å². The Balaban J connectivity index is 1.57. The van der Waals surface area contributed by atoms with Gasteiger partial charge in [-0.2, -0.15) is 5.26 Å². The molecule has 3 rings (SSSR count). The number of rotatable bonds is 4. The smallest absolute Gasteiger partial charge is 0.145 e. The van der Waals surface area contributed by atoms with Gasteiger partial charge < -0.3 is 5.32 Å². The first-order valence-electron chi connectivity index (χ1n) is 8.60. The second-order valence-electron chi connectivity index (χ2n) is 6.52. The van der Waals surface area contributed by atoms with Crippen molar-refractivity contribution in [1.29, 1.82) is 5.26 Å². The van der Waals surface area contributed by atoms with Crippen LogP contribution in [0.5, 0.6) is 0 Å². The fourth-order valence-electron chi connectivity index (χ4n) is 3.30. The van der Waals surface area contributed by atoms with Gasteiger partial charge in [0.25, 0.3) is 0 Å². The highest BCUT2D eigenvalue weighted by atomic mass is 15.2. The lowest BCUT2D eigenvalue weighted by Gasteiger charge is -2.36. The molecule has 1 aromatic carbocycles. The van der Waals surface area contributed by atoms with E-state index in [0.717, 1.165) is 37.3 Å². The van der Waals surface area contributed by atoms with Gasteiger partial charge in [-0.25, -0.2) is 4.98 Å². The predicted octanol–water partition coefficient (Wildman–Crippen LogP) is 3.90. The minimum atomic E-state index is 0.422. The molecule has 1 N–H and O–H groups in total. The third-order valence-electron chi connectivity index (χ3n) is 4.91. The van der Waals surface area contributed by atoms with E-state index in [1.807, 2.05) is 19.1 Å². The molecule has 1 aliphatic heterocycles. The summed E-state index contributed by atoms with van der Waals surface area (Å²) in [7, 11) is 0. The van der Waals surface area contributed by atoms with E-state index in [1.165, 1.54) is 5.56 Å². The van der Waals surface area contributed by atoms with E-state index in [0.29, 0.717) is 17.8 Å². The number of benzene rings is 1. The van der Waals surface area contributed by atoms with Crippen LogP contribution >= 0.6 is 0 Å². The number of hydrogen-bond donors (Lipinski definition) is 1. The van der Waals surface area contributed by atoms with Gasteiger partial charge in [0, 0.05) is 25.2 Å². The van der Waals surface area contributed by atoms with Crippen LogP contribution in [0.2, 0.25) is 0 Å². The molecule has 0 amide bonds. The van der Waals surface area contributed by atoms with Crippen molar-refractivity contribution in [3.05, 3.63) is 59.3 Å². The highest BCUT2D eigenvalue weighted by Crippen LogP contribution is 2.25. The summed E-state index contributed by atoms with van der Waals surface area (Å²) in [5.74, 6) is 0.812. The van der Waals surface area contributed by atoms with Crippen LogP contribution in [0.1, 0.15) is 42.6 Å². The molecule has 1 unspecified atom stereocenters. The number of aromatic nitrogens is 1. The first-order valence-corrected chi connectivity index (χ1v) is 8.60. The predicted molar refractivity (Wildman–Crippen MR) is 96.8 cm³/mol. The quantitative estimate of drug-likeness (QED) is 0.928. The number of anilines is 1. The van der Waals surface area contributed by atoms with Crippen molar-refractivity contribution in [2.45, 2.75) is 38.8 Å². The summed E-state index contributed by atoms with van der Waals surface area (Å²) in [5, 5.41) is 12.6. The SMILES string of the molecule is Cc1ccc(NC2CCN(C(C)c3ccccc3)CC2)nc1C#N. The van der Waals surface area contributed by atoms with Gasteiger partial charge >= 0.3 is 0 Å². The van der Waals surface area contributed by atoms with Gasteiger partial charge in [0.15, 0.2) is 0 Å². The summed E-state index contributed by atoms with van der Waals surface area (Å²) in [4.78, 5) is 6.94. The van der Waals surface area contributed by atoms with Crippen molar-refractivity contribution < 1.29 is 0 Å². The molecule has 2 heterocycles. The number of likely N-dealkylation sites (tertiary alicyclic amines) is 1. The fourth-order valence-corrected chi connectivity index (χ4v) is 3.30. The van der Waals surface area contributed by atoms with Gasteiger partial charge in [-0.05, 0) is 43.9 Å². The summed E-state index contributed by atoms with van der Waals surface area (Å²) >= 11 is 0. The molecule has 2 aromatic rings. The number of piperidine rings is 1. The van der Waals surface area contributed by atoms with E-state index in [4.69, 9.17) is 5.26 Å². The highest BCUT2D eigenvalue weighted by molar-refractivity contribution is 5.43. The van der Waals surface area contributed by atoms with Crippen molar-refractivity contribution in [1.82, 2.24) is 9.88 Å². The normalized spacial score (nSPS) is 17.2. The summed E-state index contributed by atoms with van der Waals surface area (Å²) in [6.07, 6.45) is 2.18. The molecule has 0 aliphatic carbocycles. The zero-order chi connectivity index (χ0) is 16.9. The zero-order valence-corrected chi connectivity index (χ0v) is 14.4. The Hall–Kier alpha value is -2.38. The summed E-state index contributed by atoms with van der Waals surface area (Å²) < 4.78 is 0. The minimum Gasteiger partial charge on any atom is -0.367 e. The van der Waals surface area contributed by atoms with E-state index in [1.54, 1.807) is 0 Å². The summed E-state index contributed by atoms with van der Waals surface area (Å²) in [5.41, 5.74) is 2.81. The molecular formula is C20H24N4. The molecule has 1 aromatic heterocycles. The van der Waals surface area contributed by atoms with Crippen molar-refractivity contribution in [3.8, 4) is 6.07 Å². The van der Waals surface area contributed by atoms with Crippen LogP contribution in [0.4, 0.5) is 5.82 Å². The van der Waals surface area contributed by atoms with E-state index in [9.17, 15) is 0 Å². The molecule has 124 valence electrons. The van der Waals surface area contributed by atoms with E-state index in [-0.39, 0.29) is 0 Å². The van der Waals surface area contributed by atoms with E-state index >= 15 is 0 Å². The Morgan fingerprint density at radius 3 is 2.54 bits per heavy atom. The summed E-state index contributed by atoms with van der Waals surface area (Å²) in [6.45, 7) is 6.35. The molecule has 0 bridgehead atoms. The fraction of sp³-hybridized carbons (Fsp3) is 0.400. The van der Waals surface area contributed by atoms with Crippen molar-refractivity contribution >= 4 is 5.82 Å². The van der Waals surface area contributed by atoms with Gasteiger partial charge in [-0.3, -0.25) is 4.90 Å². The monoisotopic (exact) mass is 320 g/mol. The van der Waals surface area contributed by atoms with Gasteiger partial charge in [0.1, 0.15) is 17.6 Å². The Labute approximate surface area is 144 Å². The van der Waals surface area contributed by atoms with Gasteiger partial charge in [0.2, 0.25) is 0 Å². The third kappa shape index (κ3) is 3.74. The molecule has 24 heavy (non-hydrogen) atoms. The van der Waals surface area contributed by atoms with Gasteiger partial charge in [-0.15, -0.1) is 0 Å². The van der Waals surface area contributed by atoms with Crippen molar-refractivity contribution in [2.24, 2.45) is 0 Å². The van der Waals surface area contributed by atoms with E-state index in [2.05, 4.69) is 58.5 Å². The molecule has 4 nitrogen and oxygen atoms in total. The van der Waals surface area contributed by atoms with Crippen LogP contribution in [0.25, 0.3) is 0 Å².